The van der Waals surface area contributed by atoms with E-state index in [0.717, 1.165) is 23.6 Å². The molecule has 0 bridgehead atoms. The number of carboxylic acids is 1. The maximum atomic E-state index is 11.9. The molecule has 0 radical (unpaired) electrons. The van der Waals surface area contributed by atoms with E-state index in [1.165, 1.54) is 32.1 Å². The maximum absolute atomic E-state index is 11.9. The van der Waals surface area contributed by atoms with Crippen molar-refractivity contribution in [1.29, 1.82) is 0 Å². The summed E-state index contributed by atoms with van der Waals surface area (Å²) in [5.74, 6) is -0.661. The summed E-state index contributed by atoms with van der Waals surface area (Å²) in [4.78, 5) is 22.9. The number of carbonyl (C=O) groups excluding carboxylic acids is 1. The van der Waals surface area contributed by atoms with Gasteiger partial charge in [-0.25, -0.2) is 4.79 Å². The van der Waals surface area contributed by atoms with Gasteiger partial charge in [-0.2, -0.15) is 0 Å². The fourth-order valence-electron chi connectivity index (χ4n) is 2.83. The molecular formula is C21H26O4. The van der Waals surface area contributed by atoms with Crippen molar-refractivity contribution in [3.8, 4) is 5.75 Å². The second-order valence-corrected chi connectivity index (χ2v) is 6.37. The molecule has 1 N–H and O–H groups in total. The zero-order chi connectivity index (χ0) is 18.1. The van der Waals surface area contributed by atoms with E-state index in [0.29, 0.717) is 12.2 Å². The number of hydrogen-bond donors (Lipinski definition) is 1. The van der Waals surface area contributed by atoms with Crippen molar-refractivity contribution < 1.29 is 19.4 Å². The minimum Gasteiger partial charge on any atom is -0.478 e. The molecule has 0 aliphatic rings. The van der Waals surface area contributed by atoms with E-state index in [-0.39, 0.29) is 11.5 Å². The van der Waals surface area contributed by atoms with Crippen LogP contribution in [0.4, 0.5) is 0 Å². The summed E-state index contributed by atoms with van der Waals surface area (Å²) in [5.41, 5.74) is 0.246. The summed E-state index contributed by atoms with van der Waals surface area (Å²) in [7, 11) is 0. The Morgan fingerprint density at radius 3 is 2.24 bits per heavy atom. The largest absolute Gasteiger partial charge is 0.478 e. The van der Waals surface area contributed by atoms with Crippen LogP contribution in [0.3, 0.4) is 0 Å². The van der Waals surface area contributed by atoms with E-state index >= 15 is 0 Å². The smallest absolute Gasteiger partial charge is 0.335 e. The van der Waals surface area contributed by atoms with E-state index in [4.69, 9.17) is 9.84 Å². The van der Waals surface area contributed by atoms with Crippen molar-refractivity contribution in [1.82, 2.24) is 0 Å². The van der Waals surface area contributed by atoms with Gasteiger partial charge in [0.2, 0.25) is 0 Å². The molecular weight excluding hydrogens is 316 g/mol. The van der Waals surface area contributed by atoms with Crippen LogP contribution in [0.2, 0.25) is 0 Å². The van der Waals surface area contributed by atoms with Crippen LogP contribution in [0.1, 0.15) is 68.6 Å². The first-order chi connectivity index (χ1) is 12.1. The number of rotatable bonds is 10. The van der Waals surface area contributed by atoms with Gasteiger partial charge in [-0.05, 0) is 41.5 Å². The Morgan fingerprint density at radius 1 is 0.880 bits per heavy atom. The highest BCUT2D eigenvalue weighted by atomic mass is 16.5. The molecule has 0 aliphatic carbocycles. The number of fused-ring (bicyclic) bond motifs is 1. The molecule has 2 aromatic rings. The van der Waals surface area contributed by atoms with Gasteiger partial charge in [-0.15, -0.1) is 0 Å². The zero-order valence-electron chi connectivity index (χ0n) is 14.8. The highest BCUT2D eigenvalue weighted by Gasteiger charge is 2.07. The van der Waals surface area contributed by atoms with Crippen LogP contribution < -0.4 is 4.74 Å². The second-order valence-electron chi connectivity index (χ2n) is 6.37. The summed E-state index contributed by atoms with van der Waals surface area (Å²) >= 11 is 0. The minimum atomic E-state index is -0.952. The Bertz CT molecular complexity index is 721. The molecule has 0 saturated carbocycles. The number of benzene rings is 2. The Morgan fingerprint density at radius 2 is 1.52 bits per heavy atom. The van der Waals surface area contributed by atoms with Gasteiger partial charge in [0.1, 0.15) is 5.75 Å². The van der Waals surface area contributed by atoms with Crippen LogP contribution in [0, 0.1) is 0 Å². The number of hydrogen-bond acceptors (Lipinski definition) is 3. The molecule has 0 heterocycles. The van der Waals surface area contributed by atoms with Crippen molar-refractivity contribution in [3.63, 3.8) is 0 Å². The lowest BCUT2D eigenvalue weighted by Crippen LogP contribution is -2.07. The van der Waals surface area contributed by atoms with E-state index in [9.17, 15) is 9.59 Å². The molecule has 0 atom stereocenters. The van der Waals surface area contributed by atoms with Gasteiger partial charge in [0.25, 0.3) is 0 Å². The molecule has 0 amide bonds. The number of carboxylic acid groups (broad SMARTS) is 1. The standard InChI is InChI=1S/C21H26O4/c1-2-3-4-5-6-7-8-9-20(22)25-19-13-12-16-14-18(21(23)24)11-10-17(16)15-19/h10-15H,2-9H2,1H3,(H,23,24). The topological polar surface area (TPSA) is 63.6 Å². The number of carbonyl (C=O) groups is 2. The monoisotopic (exact) mass is 342 g/mol. The van der Waals surface area contributed by atoms with Crippen LogP contribution in [-0.2, 0) is 4.79 Å². The van der Waals surface area contributed by atoms with Crippen LogP contribution in [0.5, 0.6) is 5.75 Å². The Hall–Kier alpha value is -2.36. The lowest BCUT2D eigenvalue weighted by Gasteiger charge is -2.06. The second kappa shape index (κ2) is 9.82. The van der Waals surface area contributed by atoms with E-state index in [2.05, 4.69) is 6.92 Å². The van der Waals surface area contributed by atoms with E-state index < -0.39 is 5.97 Å². The molecule has 134 valence electrons. The highest BCUT2D eigenvalue weighted by Crippen LogP contribution is 2.23. The van der Waals surface area contributed by atoms with Crippen LogP contribution in [0.15, 0.2) is 36.4 Å². The number of ether oxygens (including phenoxy) is 1. The van der Waals surface area contributed by atoms with E-state index in [1.54, 1.807) is 36.4 Å². The minimum absolute atomic E-state index is 0.213. The summed E-state index contributed by atoms with van der Waals surface area (Å²) in [6.45, 7) is 2.20. The molecule has 4 nitrogen and oxygen atoms in total. The SMILES string of the molecule is CCCCCCCCCC(=O)Oc1ccc2cc(C(=O)O)ccc2c1. The number of unbranched alkanes of at least 4 members (excludes halogenated alkanes) is 6. The van der Waals surface area contributed by atoms with Gasteiger partial charge in [0, 0.05) is 6.42 Å². The van der Waals surface area contributed by atoms with Gasteiger partial charge in [0.15, 0.2) is 0 Å². The van der Waals surface area contributed by atoms with Crippen LogP contribution in [0.25, 0.3) is 10.8 Å². The van der Waals surface area contributed by atoms with Crippen molar-refractivity contribution in [2.45, 2.75) is 58.3 Å². The van der Waals surface area contributed by atoms with Crippen molar-refractivity contribution in [3.05, 3.63) is 42.0 Å². The molecule has 25 heavy (non-hydrogen) atoms. The summed E-state index contributed by atoms with van der Waals surface area (Å²) < 4.78 is 5.39. The van der Waals surface area contributed by atoms with Gasteiger partial charge >= 0.3 is 11.9 Å². The first-order valence-electron chi connectivity index (χ1n) is 9.08. The predicted octanol–water partition coefficient (Wildman–Crippen LogP) is 5.58. The molecule has 2 rings (SSSR count). The van der Waals surface area contributed by atoms with Crippen molar-refractivity contribution >= 4 is 22.7 Å². The fourth-order valence-corrected chi connectivity index (χ4v) is 2.83. The van der Waals surface area contributed by atoms with Gasteiger partial charge in [-0.3, -0.25) is 4.79 Å². The average molecular weight is 342 g/mol. The van der Waals surface area contributed by atoms with Crippen molar-refractivity contribution in [2.24, 2.45) is 0 Å². The van der Waals surface area contributed by atoms with Crippen LogP contribution in [-0.4, -0.2) is 17.0 Å². The predicted molar refractivity (Wildman–Crippen MR) is 99.2 cm³/mol. The first kappa shape index (κ1) is 19.0. The molecule has 0 unspecified atom stereocenters. The summed E-state index contributed by atoms with van der Waals surface area (Å²) in [6, 6.07) is 10.1. The van der Waals surface area contributed by atoms with E-state index in [1.807, 2.05) is 0 Å². The van der Waals surface area contributed by atoms with Crippen LogP contribution >= 0.6 is 0 Å². The lowest BCUT2D eigenvalue weighted by molar-refractivity contribution is -0.134. The molecule has 0 aromatic heterocycles. The summed E-state index contributed by atoms with van der Waals surface area (Å²) in [6.07, 6.45) is 8.59. The highest BCUT2D eigenvalue weighted by molar-refractivity contribution is 5.94. The van der Waals surface area contributed by atoms with Gasteiger partial charge < -0.3 is 9.84 Å². The average Bonchev–Trinajstić information content (AvgIpc) is 2.60. The molecule has 0 fully saturated rings. The summed E-state index contributed by atoms with van der Waals surface area (Å²) in [5, 5.41) is 10.7. The zero-order valence-corrected chi connectivity index (χ0v) is 14.8. The quantitative estimate of drug-likeness (QED) is 0.347. The maximum Gasteiger partial charge on any atom is 0.335 e. The third-order valence-corrected chi connectivity index (χ3v) is 4.27. The molecule has 2 aromatic carbocycles. The molecule has 0 spiro atoms. The third kappa shape index (κ3) is 6.22. The Kier molecular flexibility index (Phi) is 7.45. The van der Waals surface area contributed by atoms with Gasteiger partial charge in [-0.1, -0.05) is 57.6 Å². The normalized spacial score (nSPS) is 10.8. The Labute approximate surface area is 148 Å². The first-order valence-corrected chi connectivity index (χ1v) is 9.08. The molecule has 0 saturated heterocycles. The van der Waals surface area contributed by atoms with Gasteiger partial charge in [0.05, 0.1) is 5.56 Å². The number of esters is 1. The third-order valence-electron chi connectivity index (χ3n) is 4.27. The molecule has 4 heteroatoms. The Balaban J connectivity index is 1.80. The lowest BCUT2D eigenvalue weighted by atomic mass is 10.1. The number of aromatic carboxylic acids is 1. The molecule has 0 aliphatic heterocycles. The fraction of sp³-hybridized carbons (Fsp3) is 0.429. The van der Waals surface area contributed by atoms with Crippen molar-refractivity contribution in [2.75, 3.05) is 0 Å².